The predicted molar refractivity (Wildman–Crippen MR) is 181 cm³/mol. The summed E-state index contributed by atoms with van der Waals surface area (Å²) in [5, 5.41) is 21.0. The van der Waals surface area contributed by atoms with Crippen LogP contribution in [-0.4, -0.2) is 33.4 Å². The van der Waals surface area contributed by atoms with Crippen LogP contribution in [0.15, 0.2) is 36.5 Å². The molecule has 0 aromatic rings. The number of rotatable bonds is 31. The van der Waals surface area contributed by atoms with Crippen LogP contribution < -0.4 is 0 Å². The number of aliphatic hydroxyl groups is 2. The van der Waals surface area contributed by atoms with Gasteiger partial charge in [-0.2, -0.15) is 0 Å². The van der Waals surface area contributed by atoms with Crippen molar-refractivity contribution in [2.45, 2.75) is 174 Å². The largest absolute Gasteiger partial charge is 0.359 e. The van der Waals surface area contributed by atoms with Gasteiger partial charge in [-0.3, -0.25) is 9.59 Å². The molecule has 2 N–H and O–H groups in total. The second kappa shape index (κ2) is 29.8. The van der Waals surface area contributed by atoms with Gasteiger partial charge in [0.15, 0.2) is 5.78 Å². The minimum Gasteiger partial charge on any atom is -0.359 e. The maximum Gasteiger partial charge on any atom is 0.235 e. The highest BCUT2D eigenvalue weighted by Gasteiger charge is 2.44. The van der Waals surface area contributed by atoms with Crippen LogP contribution in [0, 0.1) is 5.92 Å². The minimum atomic E-state index is -2.66. The van der Waals surface area contributed by atoms with E-state index in [0.717, 1.165) is 70.6 Å². The van der Waals surface area contributed by atoms with E-state index < -0.39 is 17.5 Å². The molecule has 0 saturated heterocycles. The first kappa shape index (κ1) is 40.8. The summed E-state index contributed by atoms with van der Waals surface area (Å²) in [6.45, 7) is 4.39. The Morgan fingerprint density at radius 3 is 1.52 bits per heavy atom. The molecule has 4 nitrogen and oxygen atoms in total. The van der Waals surface area contributed by atoms with E-state index in [1.165, 1.54) is 57.8 Å². The molecule has 244 valence electrons. The first-order valence-electron chi connectivity index (χ1n) is 17.4. The number of hydrogen-bond acceptors (Lipinski definition) is 4. The third kappa shape index (κ3) is 23.3. The third-order valence-corrected chi connectivity index (χ3v) is 8.33. The van der Waals surface area contributed by atoms with E-state index in [1.807, 2.05) is 0 Å². The van der Waals surface area contributed by atoms with Gasteiger partial charge in [0.2, 0.25) is 5.79 Å². The zero-order valence-electron chi connectivity index (χ0n) is 27.3. The fourth-order valence-corrected chi connectivity index (χ4v) is 5.58. The lowest BCUT2D eigenvalue weighted by Crippen LogP contribution is -2.50. The van der Waals surface area contributed by atoms with Crippen molar-refractivity contribution >= 4 is 23.2 Å². The van der Waals surface area contributed by atoms with Crippen molar-refractivity contribution in [1.29, 1.82) is 0 Å². The number of hydrogen-bond donors (Lipinski definition) is 2. The molecule has 1 unspecified atom stereocenters. The first-order chi connectivity index (χ1) is 20.4. The van der Waals surface area contributed by atoms with Crippen LogP contribution in [0.4, 0.5) is 0 Å². The van der Waals surface area contributed by atoms with Crippen LogP contribution in [0.3, 0.4) is 0 Å². The second-order valence-electron chi connectivity index (χ2n) is 11.9. The predicted octanol–water partition coefficient (Wildman–Crippen LogP) is 10.7. The summed E-state index contributed by atoms with van der Waals surface area (Å²) in [6.07, 6.45) is 38.1. The summed E-state index contributed by atoms with van der Waals surface area (Å²) in [6, 6.07) is 0. The van der Waals surface area contributed by atoms with Crippen LogP contribution in [0.2, 0.25) is 0 Å². The lowest BCUT2D eigenvalue weighted by atomic mass is 9.87. The van der Waals surface area contributed by atoms with Crippen molar-refractivity contribution in [3.05, 3.63) is 36.5 Å². The highest BCUT2D eigenvalue weighted by atomic mass is 35.5. The van der Waals surface area contributed by atoms with Crippen molar-refractivity contribution < 1.29 is 19.8 Å². The van der Waals surface area contributed by atoms with Crippen LogP contribution in [0.25, 0.3) is 0 Å². The van der Waals surface area contributed by atoms with Crippen LogP contribution in [0.1, 0.15) is 168 Å². The molecule has 5 heteroatoms. The summed E-state index contributed by atoms with van der Waals surface area (Å²) in [5.41, 5.74) is 0. The van der Waals surface area contributed by atoms with E-state index in [2.05, 4.69) is 50.3 Å². The molecule has 0 heterocycles. The summed E-state index contributed by atoms with van der Waals surface area (Å²) in [4.78, 5) is 25.2. The van der Waals surface area contributed by atoms with Crippen LogP contribution in [0.5, 0.6) is 0 Å². The Hall–Kier alpha value is -1.23. The fourth-order valence-electron chi connectivity index (χ4n) is 5.19. The Labute approximate surface area is 264 Å². The topological polar surface area (TPSA) is 74.6 Å². The normalized spacial score (nSPS) is 13.2. The molecule has 0 rings (SSSR count). The molecule has 0 aromatic carbocycles. The van der Waals surface area contributed by atoms with Gasteiger partial charge in [0.05, 0.1) is 5.92 Å². The molecule has 0 amide bonds. The zero-order chi connectivity index (χ0) is 31.2. The summed E-state index contributed by atoms with van der Waals surface area (Å²) >= 11 is 5.94. The van der Waals surface area contributed by atoms with E-state index in [9.17, 15) is 19.8 Å². The van der Waals surface area contributed by atoms with Crippen LogP contribution >= 0.6 is 11.6 Å². The molecule has 0 radical (unpaired) electrons. The van der Waals surface area contributed by atoms with E-state index >= 15 is 0 Å². The van der Waals surface area contributed by atoms with Gasteiger partial charge in [0.25, 0.3) is 0 Å². The van der Waals surface area contributed by atoms with Gasteiger partial charge in [0, 0.05) is 18.7 Å². The van der Waals surface area contributed by atoms with Crippen LogP contribution in [-0.2, 0) is 9.59 Å². The number of carbonyl (C=O) groups excluding carboxylic acids is 2. The summed E-state index contributed by atoms with van der Waals surface area (Å²) in [7, 11) is 0. The number of ketones is 2. The Morgan fingerprint density at radius 1 is 0.595 bits per heavy atom. The van der Waals surface area contributed by atoms with E-state index in [4.69, 9.17) is 11.6 Å². The highest BCUT2D eigenvalue weighted by molar-refractivity contribution is 6.20. The molecule has 0 aliphatic carbocycles. The summed E-state index contributed by atoms with van der Waals surface area (Å²) in [5.74, 6) is -5.18. The molecular formula is C37H65ClO4. The average Bonchev–Trinajstić information content (AvgIpc) is 2.97. The Balaban J connectivity index is 3.93. The van der Waals surface area contributed by atoms with Crippen molar-refractivity contribution in [2.75, 3.05) is 5.88 Å². The number of Topliss-reactive ketones (excluding diaryl/α,β-unsaturated/α-hetero) is 2. The van der Waals surface area contributed by atoms with Crippen molar-refractivity contribution in [3.8, 4) is 0 Å². The lowest BCUT2D eigenvalue weighted by molar-refractivity contribution is -0.201. The van der Waals surface area contributed by atoms with Gasteiger partial charge < -0.3 is 10.2 Å². The average molecular weight is 609 g/mol. The van der Waals surface area contributed by atoms with Crippen molar-refractivity contribution in [3.63, 3.8) is 0 Å². The Morgan fingerprint density at radius 2 is 1.02 bits per heavy atom. The Kier molecular flexibility index (Phi) is 29.0. The molecule has 0 aliphatic rings. The molecule has 1 atom stereocenters. The van der Waals surface area contributed by atoms with E-state index in [-0.39, 0.29) is 24.5 Å². The van der Waals surface area contributed by atoms with Crippen molar-refractivity contribution in [1.82, 2.24) is 0 Å². The zero-order valence-corrected chi connectivity index (χ0v) is 28.1. The fraction of sp³-hybridized carbons (Fsp3) is 0.784. The molecule has 0 fully saturated rings. The monoisotopic (exact) mass is 608 g/mol. The van der Waals surface area contributed by atoms with Gasteiger partial charge in [-0.25, -0.2) is 0 Å². The van der Waals surface area contributed by atoms with Crippen molar-refractivity contribution in [2.24, 2.45) is 5.92 Å². The molecule has 0 aliphatic heterocycles. The third-order valence-electron chi connectivity index (χ3n) is 8.02. The molecule has 0 saturated carbocycles. The van der Waals surface area contributed by atoms with Gasteiger partial charge >= 0.3 is 0 Å². The van der Waals surface area contributed by atoms with Gasteiger partial charge in [-0.15, -0.1) is 11.6 Å². The van der Waals surface area contributed by atoms with Gasteiger partial charge in [-0.05, 0) is 44.9 Å². The lowest BCUT2D eigenvalue weighted by Gasteiger charge is -2.27. The molecule has 0 spiro atoms. The number of carbonyl (C=O) groups is 2. The van der Waals surface area contributed by atoms with Gasteiger partial charge in [0.1, 0.15) is 5.78 Å². The van der Waals surface area contributed by atoms with E-state index in [0.29, 0.717) is 12.8 Å². The maximum absolute atomic E-state index is 12.7. The highest BCUT2D eigenvalue weighted by Crippen LogP contribution is 2.24. The minimum absolute atomic E-state index is 0.0759. The second-order valence-corrected chi connectivity index (χ2v) is 12.2. The summed E-state index contributed by atoms with van der Waals surface area (Å²) < 4.78 is 0. The smallest absolute Gasteiger partial charge is 0.235 e. The number of allylic oxidation sites excluding steroid dienone is 6. The first-order valence-corrected chi connectivity index (χ1v) is 18.0. The number of unbranched alkanes of at least 4 members (excludes halogenated alkanes) is 17. The molecule has 42 heavy (non-hydrogen) atoms. The molecular weight excluding hydrogens is 544 g/mol. The Bertz CT molecular complexity index is 725. The van der Waals surface area contributed by atoms with E-state index in [1.54, 1.807) is 0 Å². The standard InChI is InChI=1S/C37H65ClO4/c1-3-5-7-9-11-13-15-17-18-20-21-23-25-27-29-31-35(39)34(33-38)37(41,42)36(40)32-30-28-26-24-22-19-16-14-12-10-8-6-4-2/h5,7,11,13,17-18,34,41-42H,3-4,6,8-10,12,14-16,19-33H2,1-2H3/b7-5+,13-11+,18-17+. The maximum atomic E-state index is 12.7. The SMILES string of the molecule is CC/C=C/C/C=C/C/C=C/CCCCCCCC(=O)C(CCl)C(O)(O)C(=O)CCCCCCCCCCCCCCC. The molecule has 0 bridgehead atoms. The van der Waals surface area contributed by atoms with Gasteiger partial charge in [-0.1, -0.05) is 147 Å². The number of halogens is 1. The quantitative estimate of drug-likeness (QED) is 0.0355. The number of alkyl halides is 1. The molecule has 0 aromatic heterocycles.